The van der Waals surface area contributed by atoms with Gasteiger partial charge in [0.2, 0.25) is 5.82 Å². The highest BCUT2D eigenvalue weighted by Crippen LogP contribution is 2.27. The van der Waals surface area contributed by atoms with Crippen LogP contribution in [0.4, 0.5) is 10.1 Å². The molecule has 0 fully saturated rings. The van der Waals surface area contributed by atoms with E-state index in [0.717, 1.165) is 18.6 Å². The number of nitrogens with zero attached hydrogens (tertiary/aromatic N) is 1. The number of nitrogens with one attached hydrogen (secondary N) is 1. The fourth-order valence-electron chi connectivity index (χ4n) is 2.54. The molecule has 1 N–H and O–H groups in total. The van der Waals surface area contributed by atoms with Crippen LogP contribution in [0.5, 0.6) is 0 Å². The van der Waals surface area contributed by atoms with Crippen molar-refractivity contribution in [3.05, 3.63) is 39.7 Å². The standard InChI is InChI=1S/C15H21FN2O3/c1-14(2,3)9-15(4,5)17-13(19)10-6-7-11(16)12(8-10)18(20)21/h6-8H,9H2,1-5H3,(H,17,19). The van der Waals surface area contributed by atoms with E-state index < -0.39 is 27.9 Å². The molecule has 1 aromatic carbocycles. The van der Waals surface area contributed by atoms with E-state index in [0.29, 0.717) is 0 Å². The summed E-state index contributed by atoms with van der Waals surface area (Å²) in [6, 6.07) is 3.13. The molecule has 0 saturated carbocycles. The van der Waals surface area contributed by atoms with Crippen molar-refractivity contribution in [3.8, 4) is 0 Å². The van der Waals surface area contributed by atoms with E-state index in [-0.39, 0.29) is 11.0 Å². The zero-order valence-corrected chi connectivity index (χ0v) is 13.0. The van der Waals surface area contributed by atoms with Crippen LogP contribution in [0.2, 0.25) is 0 Å². The van der Waals surface area contributed by atoms with Crippen molar-refractivity contribution in [1.29, 1.82) is 0 Å². The monoisotopic (exact) mass is 296 g/mol. The number of hydrogen-bond donors (Lipinski definition) is 1. The summed E-state index contributed by atoms with van der Waals surface area (Å²) < 4.78 is 13.3. The van der Waals surface area contributed by atoms with Crippen LogP contribution in [0.3, 0.4) is 0 Å². The number of benzene rings is 1. The van der Waals surface area contributed by atoms with E-state index >= 15 is 0 Å². The Bertz CT molecular complexity index is 563. The molecule has 21 heavy (non-hydrogen) atoms. The molecule has 0 radical (unpaired) electrons. The average molecular weight is 296 g/mol. The summed E-state index contributed by atoms with van der Waals surface area (Å²) in [6.07, 6.45) is 0.731. The fourth-order valence-corrected chi connectivity index (χ4v) is 2.54. The average Bonchev–Trinajstić information content (AvgIpc) is 2.24. The molecule has 0 bridgehead atoms. The van der Waals surface area contributed by atoms with Gasteiger partial charge < -0.3 is 5.32 Å². The van der Waals surface area contributed by atoms with Crippen molar-refractivity contribution in [3.63, 3.8) is 0 Å². The van der Waals surface area contributed by atoms with Gasteiger partial charge in [-0.2, -0.15) is 4.39 Å². The summed E-state index contributed by atoms with van der Waals surface area (Å²) in [5.41, 5.74) is -1.08. The second-order valence-corrected chi connectivity index (χ2v) is 7.00. The Kier molecular flexibility index (Phi) is 4.71. The van der Waals surface area contributed by atoms with Crippen LogP contribution in [0.15, 0.2) is 18.2 Å². The Morgan fingerprint density at radius 1 is 1.29 bits per heavy atom. The molecule has 0 heterocycles. The van der Waals surface area contributed by atoms with Crippen molar-refractivity contribution in [2.75, 3.05) is 0 Å². The predicted molar refractivity (Wildman–Crippen MR) is 78.7 cm³/mol. The van der Waals surface area contributed by atoms with E-state index in [1.54, 1.807) is 0 Å². The van der Waals surface area contributed by atoms with Gasteiger partial charge in [0.15, 0.2) is 0 Å². The number of carbonyl (C=O) groups is 1. The highest BCUT2D eigenvalue weighted by molar-refractivity contribution is 5.95. The highest BCUT2D eigenvalue weighted by Gasteiger charge is 2.28. The number of rotatable bonds is 4. The topological polar surface area (TPSA) is 72.2 Å². The summed E-state index contributed by atoms with van der Waals surface area (Å²) in [5.74, 6) is -1.40. The molecule has 1 aromatic rings. The third-order valence-electron chi connectivity index (χ3n) is 2.83. The molecule has 0 saturated heterocycles. The first-order chi connectivity index (χ1) is 9.41. The van der Waals surface area contributed by atoms with E-state index in [2.05, 4.69) is 26.1 Å². The summed E-state index contributed by atoms with van der Waals surface area (Å²) in [7, 11) is 0. The smallest absolute Gasteiger partial charge is 0.305 e. The minimum atomic E-state index is -0.953. The lowest BCUT2D eigenvalue weighted by Crippen LogP contribution is -2.45. The zero-order valence-electron chi connectivity index (χ0n) is 13.0. The fraction of sp³-hybridized carbons (Fsp3) is 0.533. The van der Waals surface area contributed by atoms with E-state index in [1.165, 1.54) is 6.07 Å². The molecule has 0 aliphatic carbocycles. The first kappa shape index (κ1) is 17.1. The number of halogens is 1. The van der Waals surface area contributed by atoms with E-state index in [4.69, 9.17) is 0 Å². The Balaban J connectivity index is 2.95. The van der Waals surface area contributed by atoms with Crippen molar-refractivity contribution in [2.24, 2.45) is 5.41 Å². The lowest BCUT2D eigenvalue weighted by Gasteiger charge is -2.33. The Morgan fingerprint density at radius 3 is 2.33 bits per heavy atom. The van der Waals surface area contributed by atoms with Gasteiger partial charge in [-0.1, -0.05) is 20.8 Å². The maximum Gasteiger partial charge on any atom is 0.305 e. The van der Waals surface area contributed by atoms with Gasteiger partial charge in [-0.05, 0) is 37.8 Å². The predicted octanol–water partition coefficient (Wildman–Crippen LogP) is 3.68. The quantitative estimate of drug-likeness (QED) is 0.680. The molecule has 0 atom stereocenters. The van der Waals surface area contributed by atoms with Gasteiger partial charge in [0.25, 0.3) is 5.91 Å². The van der Waals surface area contributed by atoms with Crippen molar-refractivity contribution in [2.45, 2.75) is 46.6 Å². The molecule has 1 rings (SSSR count). The molecule has 1 amide bonds. The maximum atomic E-state index is 13.3. The first-order valence-electron chi connectivity index (χ1n) is 6.68. The minimum Gasteiger partial charge on any atom is -0.347 e. The highest BCUT2D eigenvalue weighted by atomic mass is 19.1. The lowest BCUT2D eigenvalue weighted by atomic mass is 9.81. The number of amides is 1. The van der Waals surface area contributed by atoms with Gasteiger partial charge in [0, 0.05) is 17.2 Å². The minimum absolute atomic E-state index is 0.0194. The van der Waals surface area contributed by atoms with Crippen LogP contribution in [0.1, 0.15) is 51.4 Å². The molecule has 0 aromatic heterocycles. The third kappa shape index (κ3) is 5.13. The van der Waals surface area contributed by atoms with Crippen LogP contribution in [0.25, 0.3) is 0 Å². The van der Waals surface area contributed by atoms with Crippen molar-refractivity contribution < 1.29 is 14.1 Å². The van der Waals surface area contributed by atoms with Crippen LogP contribution in [-0.4, -0.2) is 16.4 Å². The molecular weight excluding hydrogens is 275 g/mol. The van der Waals surface area contributed by atoms with Crippen molar-refractivity contribution in [1.82, 2.24) is 5.32 Å². The number of nitro groups is 1. The largest absolute Gasteiger partial charge is 0.347 e. The van der Waals surface area contributed by atoms with Gasteiger partial charge in [-0.15, -0.1) is 0 Å². The Labute approximate surface area is 123 Å². The number of nitro benzene ring substituents is 1. The molecule has 116 valence electrons. The lowest BCUT2D eigenvalue weighted by molar-refractivity contribution is -0.387. The van der Waals surface area contributed by atoms with Gasteiger partial charge in [0.1, 0.15) is 0 Å². The van der Waals surface area contributed by atoms with Crippen LogP contribution in [0, 0.1) is 21.3 Å². The molecule has 0 spiro atoms. The first-order valence-corrected chi connectivity index (χ1v) is 6.68. The molecule has 0 aliphatic heterocycles. The summed E-state index contributed by atoms with van der Waals surface area (Å²) in [6.45, 7) is 9.94. The molecule has 6 heteroatoms. The third-order valence-corrected chi connectivity index (χ3v) is 2.83. The van der Waals surface area contributed by atoms with Gasteiger partial charge in [-0.25, -0.2) is 0 Å². The second-order valence-electron chi connectivity index (χ2n) is 7.00. The molecule has 5 nitrogen and oxygen atoms in total. The van der Waals surface area contributed by atoms with Crippen molar-refractivity contribution >= 4 is 11.6 Å². The second kappa shape index (κ2) is 5.79. The summed E-state index contributed by atoms with van der Waals surface area (Å²) in [5, 5.41) is 13.5. The van der Waals surface area contributed by atoms with Gasteiger partial charge in [0.05, 0.1) is 4.92 Å². The summed E-state index contributed by atoms with van der Waals surface area (Å²) >= 11 is 0. The van der Waals surface area contributed by atoms with Crippen LogP contribution in [-0.2, 0) is 0 Å². The number of carbonyl (C=O) groups excluding carboxylic acids is 1. The molecule has 0 unspecified atom stereocenters. The maximum absolute atomic E-state index is 13.3. The normalized spacial score (nSPS) is 12.1. The summed E-state index contributed by atoms with van der Waals surface area (Å²) in [4.78, 5) is 22.0. The van der Waals surface area contributed by atoms with Gasteiger partial charge >= 0.3 is 5.69 Å². The Hall–Kier alpha value is -1.98. The van der Waals surface area contributed by atoms with E-state index in [9.17, 15) is 19.3 Å². The van der Waals surface area contributed by atoms with E-state index in [1.807, 2.05) is 13.8 Å². The SMILES string of the molecule is CC(C)(C)CC(C)(C)NC(=O)c1ccc(F)c([N+](=O)[O-])c1. The number of hydrogen-bond acceptors (Lipinski definition) is 3. The van der Waals surface area contributed by atoms with Crippen LogP contribution >= 0.6 is 0 Å². The zero-order chi connectivity index (χ0) is 16.4. The Morgan fingerprint density at radius 2 is 1.86 bits per heavy atom. The molecular formula is C15H21FN2O3. The van der Waals surface area contributed by atoms with Gasteiger partial charge in [-0.3, -0.25) is 14.9 Å². The molecule has 0 aliphatic rings. The van der Waals surface area contributed by atoms with Crippen LogP contribution < -0.4 is 5.32 Å².